The molecule has 0 atom stereocenters. The lowest BCUT2D eigenvalue weighted by molar-refractivity contribution is -0.117. The molecule has 0 radical (unpaired) electrons. The first-order valence-corrected chi connectivity index (χ1v) is 10.3. The van der Waals surface area contributed by atoms with E-state index in [1.165, 1.54) is 12.1 Å². The molecule has 0 aliphatic heterocycles. The number of carbonyl (C=O) groups is 1. The Morgan fingerprint density at radius 1 is 1.17 bits per heavy atom. The van der Waals surface area contributed by atoms with Crippen molar-refractivity contribution in [2.24, 2.45) is 0 Å². The maximum absolute atomic E-state index is 12.5. The first-order chi connectivity index (χ1) is 14.3. The van der Waals surface area contributed by atoms with Crippen LogP contribution in [0.2, 0.25) is 0 Å². The Bertz CT molecular complexity index is 1070. The van der Waals surface area contributed by atoms with Gasteiger partial charge >= 0.3 is 0 Å². The van der Waals surface area contributed by atoms with Crippen LogP contribution in [0.15, 0.2) is 58.2 Å². The average molecular weight is 432 g/mol. The molecule has 0 bridgehead atoms. The molecule has 1 heterocycles. The number of anilines is 1. The van der Waals surface area contributed by atoms with E-state index in [0.29, 0.717) is 45.6 Å². The SMILES string of the molecule is CC(C)N(CC(=O)Nc1ccc(SC(F)F)cc1)Cc1nc2ccccc2c(=O)[nH]1. The number of aromatic nitrogens is 2. The minimum Gasteiger partial charge on any atom is -0.325 e. The number of carbonyl (C=O) groups excluding carboxylic acids is 1. The normalized spacial score (nSPS) is 11.6. The van der Waals surface area contributed by atoms with Crippen molar-refractivity contribution < 1.29 is 13.6 Å². The summed E-state index contributed by atoms with van der Waals surface area (Å²) >= 11 is 0.453. The summed E-state index contributed by atoms with van der Waals surface area (Å²) in [5.41, 5.74) is 0.913. The van der Waals surface area contributed by atoms with Gasteiger partial charge in [0, 0.05) is 16.6 Å². The second-order valence-corrected chi connectivity index (χ2v) is 8.04. The van der Waals surface area contributed by atoms with Crippen LogP contribution in [0, 0.1) is 0 Å². The fraction of sp³-hybridized carbons (Fsp3) is 0.286. The molecule has 1 aromatic heterocycles. The highest BCUT2D eigenvalue weighted by atomic mass is 32.2. The van der Waals surface area contributed by atoms with E-state index in [4.69, 9.17) is 0 Å². The number of aromatic amines is 1. The van der Waals surface area contributed by atoms with E-state index in [2.05, 4.69) is 15.3 Å². The Kier molecular flexibility index (Phi) is 7.17. The quantitative estimate of drug-likeness (QED) is 0.525. The van der Waals surface area contributed by atoms with Gasteiger partial charge in [0.15, 0.2) is 0 Å². The number of rotatable bonds is 8. The number of hydrogen-bond acceptors (Lipinski definition) is 5. The molecule has 3 rings (SSSR count). The minimum atomic E-state index is -2.49. The summed E-state index contributed by atoms with van der Waals surface area (Å²) in [7, 11) is 0. The van der Waals surface area contributed by atoms with Crippen molar-refractivity contribution in [1.29, 1.82) is 0 Å². The fourth-order valence-electron chi connectivity index (χ4n) is 2.93. The zero-order valence-corrected chi connectivity index (χ0v) is 17.4. The van der Waals surface area contributed by atoms with Crippen LogP contribution >= 0.6 is 11.8 Å². The van der Waals surface area contributed by atoms with E-state index in [9.17, 15) is 18.4 Å². The van der Waals surface area contributed by atoms with Gasteiger partial charge in [-0.1, -0.05) is 23.9 Å². The Balaban J connectivity index is 1.67. The molecule has 0 fully saturated rings. The molecule has 1 amide bonds. The van der Waals surface area contributed by atoms with E-state index >= 15 is 0 Å². The third kappa shape index (κ3) is 5.87. The van der Waals surface area contributed by atoms with Crippen molar-refractivity contribution in [2.75, 3.05) is 11.9 Å². The number of nitrogens with one attached hydrogen (secondary N) is 2. The Morgan fingerprint density at radius 3 is 2.53 bits per heavy atom. The molecule has 3 aromatic rings. The summed E-state index contributed by atoms with van der Waals surface area (Å²) in [5, 5.41) is 3.28. The van der Waals surface area contributed by atoms with Gasteiger partial charge in [0.25, 0.3) is 11.3 Å². The third-order valence-electron chi connectivity index (χ3n) is 4.46. The number of benzene rings is 2. The Hall–Kier alpha value is -2.78. The van der Waals surface area contributed by atoms with Gasteiger partial charge in [0.1, 0.15) is 5.82 Å². The molecular weight excluding hydrogens is 410 g/mol. The van der Waals surface area contributed by atoms with E-state index in [0.717, 1.165) is 0 Å². The number of nitrogens with zero attached hydrogens (tertiary/aromatic N) is 2. The van der Waals surface area contributed by atoms with Gasteiger partial charge in [-0.15, -0.1) is 0 Å². The van der Waals surface area contributed by atoms with E-state index in [1.54, 1.807) is 30.3 Å². The van der Waals surface area contributed by atoms with E-state index in [-0.39, 0.29) is 24.1 Å². The van der Waals surface area contributed by atoms with Gasteiger partial charge in [-0.2, -0.15) is 8.78 Å². The number of hydrogen-bond donors (Lipinski definition) is 2. The summed E-state index contributed by atoms with van der Waals surface area (Å²) in [5.74, 6) is -2.25. The number of para-hydroxylation sites is 1. The zero-order valence-electron chi connectivity index (χ0n) is 16.6. The van der Waals surface area contributed by atoms with E-state index < -0.39 is 5.76 Å². The van der Waals surface area contributed by atoms with Crippen LogP contribution in [0.5, 0.6) is 0 Å². The second-order valence-electron chi connectivity index (χ2n) is 6.98. The molecule has 9 heteroatoms. The molecule has 0 aliphatic rings. The Labute approximate surface area is 176 Å². The van der Waals surface area contributed by atoms with Crippen molar-refractivity contribution in [2.45, 2.75) is 37.1 Å². The molecule has 0 saturated carbocycles. The molecule has 0 saturated heterocycles. The van der Waals surface area contributed by atoms with Gasteiger partial charge in [-0.05, 0) is 50.2 Å². The molecule has 2 aromatic carbocycles. The first-order valence-electron chi connectivity index (χ1n) is 9.38. The summed E-state index contributed by atoms with van der Waals surface area (Å²) in [6.07, 6.45) is 0. The van der Waals surface area contributed by atoms with Crippen molar-refractivity contribution in [3.05, 3.63) is 64.7 Å². The van der Waals surface area contributed by atoms with Crippen LogP contribution < -0.4 is 10.9 Å². The molecule has 0 aliphatic carbocycles. The summed E-state index contributed by atoms with van der Waals surface area (Å²) < 4.78 is 24.8. The predicted octanol–water partition coefficient (Wildman–Crippen LogP) is 4.09. The molecular formula is C21H22F2N4O2S. The standard InChI is InChI=1S/C21H22F2N4O2S/c1-13(2)27(11-18-25-17-6-4-3-5-16(17)20(29)26-18)12-19(28)24-14-7-9-15(10-8-14)30-21(22)23/h3-10,13,21H,11-12H2,1-2H3,(H,24,28)(H,25,26,29). The van der Waals surface area contributed by atoms with Crippen LogP contribution in [-0.2, 0) is 11.3 Å². The highest BCUT2D eigenvalue weighted by molar-refractivity contribution is 7.99. The van der Waals surface area contributed by atoms with Crippen LogP contribution in [-0.4, -0.2) is 39.1 Å². The van der Waals surface area contributed by atoms with Gasteiger partial charge in [-0.25, -0.2) is 4.98 Å². The van der Waals surface area contributed by atoms with Crippen molar-refractivity contribution >= 4 is 34.3 Å². The van der Waals surface area contributed by atoms with Gasteiger partial charge in [-0.3, -0.25) is 14.5 Å². The smallest absolute Gasteiger partial charge is 0.288 e. The minimum absolute atomic E-state index is 0.0253. The fourth-order valence-corrected chi connectivity index (χ4v) is 3.43. The lowest BCUT2D eigenvalue weighted by Gasteiger charge is -2.25. The van der Waals surface area contributed by atoms with Crippen LogP contribution in [0.1, 0.15) is 19.7 Å². The number of H-pyrrole nitrogens is 1. The second kappa shape index (κ2) is 9.82. The molecule has 30 heavy (non-hydrogen) atoms. The molecule has 6 nitrogen and oxygen atoms in total. The lowest BCUT2D eigenvalue weighted by Crippen LogP contribution is -2.38. The zero-order chi connectivity index (χ0) is 21.7. The number of amides is 1. The third-order valence-corrected chi connectivity index (χ3v) is 5.18. The number of thioether (sulfide) groups is 1. The van der Waals surface area contributed by atoms with Crippen LogP contribution in [0.3, 0.4) is 0 Å². The highest BCUT2D eigenvalue weighted by Crippen LogP contribution is 2.26. The predicted molar refractivity (Wildman–Crippen MR) is 115 cm³/mol. The summed E-state index contributed by atoms with van der Waals surface area (Å²) in [6.45, 7) is 4.28. The Morgan fingerprint density at radius 2 is 1.87 bits per heavy atom. The van der Waals surface area contributed by atoms with Crippen molar-refractivity contribution in [3.63, 3.8) is 0 Å². The number of halogens is 2. The summed E-state index contributed by atoms with van der Waals surface area (Å²) in [6, 6.07) is 13.4. The maximum atomic E-state index is 12.5. The average Bonchev–Trinajstić information content (AvgIpc) is 2.68. The van der Waals surface area contributed by atoms with Crippen LogP contribution in [0.4, 0.5) is 14.5 Å². The molecule has 0 spiro atoms. The molecule has 158 valence electrons. The molecule has 2 N–H and O–H groups in total. The van der Waals surface area contributed by atoms with E-state index in [1.807, 2.05) is 24.8 Å². The molecule has 0 unspecified atom stereocenters. The largest absolute Gasteiger partial charge is 0.325 e. The van der Waals surface area contributed by atoms with Crippen LogP contribution in [0.25, 0.3) is 10.9 Å². The number of fused-ring (bicyclic) bond motifs is 1. The van der Waals surface area contributed by atoms with Crippen molar-refractivity contribution in [1.82, 2.24) is 14.9 Å². The van der Waals surface area contributed by atoms with Gasteiger partial charge < -0.3 is 10.3 Å². The monoisotopic (exact) mass is 432 g/mol. The maximum Gasteiger partial charge on any atom is 0.288 e. The van der Waals surface area contributed by atoms with Gasteiger partial charge in [0.05, 0.1) is 24.0 Å². The summed E-state index contributed by atoms with van der Waals surface area (Å²) in [4.78, 5) is 34.3. The van der Waals surface area contributed by atoms with Crippen molar-refractivity contribution in [3.8, 4) is 0 Å². The highest BCUT2D eigenvalue weighted by Gasteiger charge is 2.17. The topological polar surface area (TPSA) is 78.1 Å². The van der Waals surface area contributed by atoms with Gasteiger partial charge in [0.2, 0.25) is 5.91 Å². The number of alkyl halides is 2. The lowest BCUT2D eigenvalue weighted by atomic mass is 10.2. The first kappa shape index (κ1) is 21.9.